The SMILES string of the molecule is CC(C)CCNC(=O)CCCNC(=O)c1ccsc1. The lowest BCUT2D eigenvalue weighted by atomic mass is 10.1. The van der Waals surface area contributed by atoms with E-state index < -0.39 is 0 Å². The molecular weight excluding hydrogens is 260 g/mol. The highest BCUT2D eigenvalue weighted by Crippen LogP contribution is 2.05. The molecule has 1 rings (SSSR count). The smallest absolute Gasteiger partial charge is 0.252 e. The van der Waals surface area contributed by atoms with Gasteiger partial charge in [-0.1, -0.05) is 13.8 Å². The van der Waals surface area contributed by atoms with E-state index in [0.29, 0.717) is 30.9 Å². The van der Waals surface area contributed by atoms with Crippen LogP contribution in [0.2, 0.25) is 0 Å². The van der Waals surface area contributed by atoms with Crippen LogP contribution in [-0.2, 0) is 4.79 Å². The Labute approximate surface area is 118 Å². The molecule has 0 aliphatic carbocycles. The molecule has 5 heteroatoms. The zero-order valence-electron chi connectivity index (χ0n) is 11.6. The zero-order valence-corrected chi connectivity index (χ0v) is 12.4. The second-order valence-corrected chi connectivity index (χ2v) is 5.68. The number of rotatable bonds is 8. The fourth-order valence-electron chi connectivity index (χ4n) is 1.54. The fraction of sp³-hybridized carbons (Fsp3) is 0.571. The number of thiophene rings is 1. The molecule has 0 aliphatic rings. The van der Waals surface area contributed by atoms with E-state index in [4.69, 9.17) is 0 Å². The van der Waals surface area contributed by atoms with Crippen molar-refractivity contribution in [2.75, 3.05) is 13.1 Å². The van der Waals surface area contributed by atoms with Gasteiger partial charge in [-0.05, 0) is 30.2 Å². The van der Waals surface area contributed by atoms with Crippen molar-refractivity contribution in [3.8, 4) is 0 Å². The lowest BCUT2D eigenvalue weighted by Gasteiger charge is -2.07. The van der Waals surface area contributed by atoms with Gasteiger partial charge in [0.15, 0.2) is 0 Å². The highest BCUT2D eigenvalue weighted by atomic mass is 32.1. The molecule has 2 amide bonds. The van der Waals surface area contributed by atoms with Gasteiger partial charge in [0.25, 0.3) is 5.91 Å². The summed E-state index contributed by atoms with van der Waals surface area (Å²) in [4.78, 5) is 23.1. The summed E-state index contributed by atoms with van der Waals surface area (Å²) in [5, 5.41) is 9.37. The number of nitrogens with one attached hydrogen (secondary N) is 2. The summed E-state index contributed by atoms with van der Waals surface area (Å²) in [7, 11) is 0. The minimum Gasteiger partial charge on any atom is -0.356 e. The van der Waals surface area contributed by atoms with Gasteiger partial charge in [0.1, 0.15) is 0 Å². The van der Waals surface area contributed by atoms with Gasteiger partial charge in [-0.15, -0.1) is 0 Å². The quantitative estimate of drug-likeness (QED) is 0.719. The Morgan fingerprint density at radius 1 is 1.26 bits per heavy atom. The first-order valence-corrected chi connectivity index (χ1v) is 7.61. The fourth-order valence-corrected chi connectivity index (χ4v) is 2.17. The molecule has 0 radical (unpaired) electrons. The maximum atomic E-state index is 11.6. The third-order valence-electron chi connectivity index (χ3n) is 2.69. The summed E-state index contributed by atoms with van der Waals surface area (Å²) in [6.07, 6.45) is 2.13. The average molecular weight is 282 g/mol. The minimum atomic E-state index is -0.0681. The van der Waals surface area contributed by atoms with Gasteiger partial charge in [-0.3, -0.25) is 9.59 Å². The Kier molecular flexibility index (Phi) is 7.18. The van der Waals surface area contributed by atoms with Crippen LogP contribution in [0.25, 0.3) is 0 Å². The Bertz CT molecular complexity index is 388. The van der Waals surface area contributed by atoms with Gasteiger partial charge in [-0.25, -0.2) is 0 Å². The molecule has 1 aromatic rings. The van der Waals surface area contributed by atoms with Crippen molar-refractivity contribution in [2.24, 2.45) is 5.92 Å². The van der Waals surface area contributed by atoms with E-state index in [9.17, 15) is 9.59 Å². The van der Waals surface area contributed by atoms with Crippen molar-refractivity contribution in [1.29, 1.82) is 0 Å². The molecule has 1 heterocycles. The Morgan fingerprint density at radius 3 is 2.68 bits per heavy atom. The van der Waals surface area contributed by atoms with Crippen molar-refractivity contribution in [2.45, 2.75) is 33.1 Å². The molecule has 106 valence electrons. The van der Waals surface area contributed by atoms with Crippen molar-refractivity contribution in [3.05, 3.63) is 22.4 Å². The van der Waals surface area contributed by atoms with E-state index in [1.165, 1.54) is 11.3 Å². The molecule has 2 N–H and O–H groups in total. The van der Waals surface area contributed by atoms with Crippen LogP contribution < -0.4 is 10.6 Å². The second kappa shape index (κ2) is 8.69. The molecule has 19 heavy (non-hydrogen) atoms. The summed E-state index contributed by atoms with van der Waals surface area (Å²) in [6.45, 7) is 5.53. The lowest BCUT2D eigenvalue weighted by molar-refractivity contribution is -0.121. The predicted octanol–water partition coefficient (Wildman–Crippen LogP) is 2.42. The van der Waals surface area contributed by atoms with Gasteiger partial charge in [0.05, 0.1) is 0 Å². The Morgan fingerprint density at radius 2 is 2.05 bits per heavy atom. The molecular formula is C14H22N2O2S. The van der Waals surface area contributed by atoms with Crippen LogP contribution in [0.1, 0.15) is 43.5 Å². The molecule has 0 fully saturated rings. The molecule has 0 unspecified atom stereocenters. The third kappa shape index (κ3) is 6.96. The van der Waals surface area contributed by atoms with Crippen LogP contribution in [0, 0.1) is 5.92 Å². The highest BCUT2D eigenvalue weighted by Gasteiger charge is 2.05. The summed E-state index contributed by atoms with van der Waals surface area (Å²) < 4.78 is 0. The highest BCUT2D eigenvalue weighted by molar-refractivity contribution is 7.08. The van der Waals surface area contributed by atoms with Crippen molar-refractivity contribution in [3.63, 3.8) is 0 Å². The molecule has 0 spiro atoms. The van der Waals surface area contributed by atoms with Gasteiger partial charge in [0.2, 0.25) is 5.91 Å². The van der Waals surface area contributed by atoms with Crippen molar-refractivity contribution < 1.29 is 9.59 Å². The first-order valence-electron chi connectivity index (χ1n) is 6.66. The van der Waals surface area contributed by atoms with Crippen LogP contribution in [0.5, 0.6) is 0 Å². The Balaban J connectivity index is 2.04. The average Bonchev–Trinajstić information content (AvgIpc) is 2.87. The van der Waals surface area contributed by atoms with Crippen LogP contribution in [0.3, 0.4) is 0 Å². The molecule has 0 saturated carbocycles. The molecule has 0 saturated heterocycles. The molecule has 1 aromatic heterocycles. The first kappa shape index (κ1) is 15.7. The number of carbonyl (C=O) groups excluding carboxylic acids is 2. The predicted molar refractivity (Wildman–Crippen MR) is 78.4 cm³/mol. The van der Waals surface area contributed by atoms with Crippen molar-refractivity contribution in [1.82, 2.24) is 10.6 Å². The topological polar surface area (TPSA) is 58.2 Å². The number of hydrogen-bond donors (Lipinski definition) is 2. The maximum Gasteiger partial charge on any atom is 0.252 e. The molecule has 0 bridgehead atoms. The number of carbonyl (C=O) groups is 2. The molecule has 4 nitrogen and oxygen atoms in total. The summed E-state index contributed by atoms with van der Waals surface area (Å²) in [5.41, 5.74) is 0.686. The maximum absolute atomic E-state index is 11.6. The molecule has 0 aromatic carbocycles. The number of amides is 2. The third-order valence-corrected chi connectivity index (χ3v) is 3.38. The summed E-state index contributed by atoms with van der Waals surface area (Å²) in [6, 6.07) is 1.79. The summed E-state index contributed by atoms with van der Waals surface area (Å²) in [5.74, 6) is 0.595. The van der Waals surface area contributed by atoms with E-state index in [-0.39, 0.29) is 11.8 Å². The second-order valence-electron chi connectivity index (χ2n) is 4.90. The van der Waals surface area contributed by atoms with E-state index in [1.54, 1.807) is 6.07 Å². The lowest BCUT2D eigenvalue weighted by Crippen LogP contribution is -2.28. The number of hydrogen-bond acceptors (Lipinski definition) is 3. The zero-order chi connectivity index (χ0) is 14.1. The van der Waals surface area contributed by atoms with E-state index in [0.717, 1.165) is 13.0 Å². The standard InChI is InChI=1S/C14H22N2O2S/c1-11(2)5-8-15-13(17)4-3-7-16-14(18)12-6-9-19-10-12/h6,9-11H,3-5,7-8H2,1-2H3,(H,15,17)(H,16,18). The molecule has 0 aliphatic heterocycles. The van der Waals surface area contributed by atoms with Gasteiger partial charge in [0, 0.05) is 30.5 Å². The Hall–Kier alpha value is -1.36. The summed E-state index contributed by atoms with van der Waals surface area (Å²) >= 11 is 1.50. The van der Waals surface area contributed by atoms with E-state index >= 15 is 0 Å². The minimum absolute atomic E-state index is 0.0606. The van der Waals surface area contributed by atoms with Crippen LogP contribution in [0.15, 0.2) is 16.8 Å². The van der Waals surface area contributed by atoms with Crippen LogP contribution in [-0.4, -0.2) is 24.9 Å². The van der Waals surface area contributed by atoms with Gasteiger partial charge >= 0.3 is 0 Å². The largest absolute Gasteiger partial charge is 0.356 e. The van der Waals surface area contributed by atoms with Crippen molar-refractivity contribution >= 4 is 23.2 Å². The van der Waals surface area contributed by atoms with E-state index in [2.05, 4.69) is 24.5 Å². The monoisotopic (exact) mass is 282 g/mol. The van der Waals surface area contributed by atoms with Gasteiger partial charge < -0.3 is 10.6 Å². The normalized spacial score (nSPS) is 10.5. The van der Waals surface area contributed by atoms with Crippen LogP contribution >= 0.6 is 11.3 Å². The van der Waals surface area contributed by atoms with Gasteiger partial charge in [-0.2, -0.15) is 11.3 Å². The van der Waals surface area contributed by atoms with E-state index in [1.807, 2.05) is 10.8 Å². The molecule has 0 atom stereocenters. The van der Waals surface area contributed by atoms with Crippen LogP contribution in [0.4, 0.5) is 0 Å². The first-order chi connectivity index (χ1) is 9.09.